The number of hydrogen-bond acceptors (Lipinski definition) is 8. The number of carbonyl (C=O) groups excluding carboxylic acids is 2. The van der Waals surface area contributed by atoms with Crippen molar-refractivity contribution in [3.8, 4) is 11.5 Å². The number of hydrogen-bond donors (Lipinski definition) is 0. The zero-order chi connectivity index (χ0) is 24.6. The van der Waals surface area contributed by atoms with Crippen LogP contribution in [0.2, 0.25) is 0 Å². The number of benzene rings is 2. The fourth-order valence-corrected chi connectivity index (χ4v) is 3.64. The third kappa shape index (κ3) is 6.89. The van der Waals surface area contributed by atoms with Gasteiger partial charge in [-0.25, -0.2) is 9.59 Å². The number of unbranched alkanes of at least 4 members (excludes halogenated alkanes) is 4. The summed E-state index contributed by atoms with van der Waals surface area (Å²) in [6.07, 6.45) is 4.44. The Labute approximate surface area is 200 Å². The first-order chi connectivity index (χ1) is 17.0. The van der Waals surface area contributed by atoms with Crippen molar-refractivity contribution < 1.29 is 27.9 Å². The van der Waals surface area contributed by atoms with Gasteiger partial charge in [-0.15, -0.1) is 0 Å². The summed E-state index contributed by atoms with van der Waals surface area (Å²) in [6, 6.07) is 15.8. The topological polar surface area (TPSA) is 113 Å². The maximum atomic E-state index is 12.1. The van der Waals surface area contributed by atoms with Crippen molar-refractivity contribution in [2.45, 2.75) is 44.9 Å². The van der Waals surface area contributed by atoms with Gasteiger partial charge in [0.05, 0.1) is 0 Å². The van der Waals surface area contributed by atoms with E-state index in [1.165, 1.54) is 24.3 Å². The Morgan fingerprint density at radius 3 is 1.43 bits per heavy atom. The van der Waals surface area contributed by atoms with Crippen LogP contribution < -0.4 is 20.7 Å². The molecule has 0 aliphatic rings. The van der Waals surface area contributed by atoms with Crippen molar-refractivity contribution >= 4 is 33.9 Å². The van der Waals surface area contributed by atoms with E-state index in [9.17, 15) is 19.2 Å². The molecule has 4 rings (SSSR count). The molecular formula is C27H24O8. The zero-order valence-electron chi connectivity index (χ0n) is 19.0. The van der Waals surface area contributed by atoms with Gasteiger partial charge in [-0.05, 0) is 49.2 Å². The van der Waals surface area contributed by atoms with E-state index in [2.05, 4.69) is 0 Å². The van der Waals surface area contributed by atoms with Crippen molar-refractivity contribution in [2.75, 3.05) is 0 Å². The van der Waals surface area contributed by atoms with Crippen LogP contribution in [0.4, 0.5) is 0 Å². The lowest BCUT2D eigenvalue weighted by Gasteiger charge is -2.06. The number of rotatable bonds is 10. The number of fused-ring (bicyclic) bond motifs is 2. The fraction of sp³-hybridized carbons (Fsp3) is 0.259. The molecule has 2 heterocycles. The average molecular weight is 476 g/mol. The first kappa shape index (κ1) is 23.9. The van der Waals surface area contributed by atoms with Crippen LogP contribution in [0.25, 0.3) is 21.9 Å². The van der Waals surface area contributed by atoms with Crippen LogP contribution in [0, 0.1) is 0 Å². The highest BCUT2D eigenvalue weighted by Gasteiger charge is 2.09. The van der Waals surface area contributed by atoms with Gasteiger partial charge in [0.1, 0.15) is 22.7 Å². The molecule has 0 unspecified atom stereocenters. The van der Waals surface area contributed by atoms with E-state index in [0.717, 1.165) is 30.0 Å². The maximum absolute atomic E-state index is 12.1. The molecule has 8 nitrogen and oxygen atoms in total. The second-order valence-electron chi connectivity index (χ2n) is 8.12. The minimum Gasteiger partial charge on any atom is -0.426 e. The smallest absolute Gasteiger partial charge is 0.336 e. The summed E-state index contributed by atoms with van der Waals surface area (Å²) in [7, 11) is 0. The van der Waals surface area contributed by atoms with Gasteiger partial charge in [0.2, 0.25) is 0 Å². The second kappa shape index (κ2) is 11.3. The monoisotopic (exact) mass is 476 g/mol. The van der Waals surface area contributed by atoms with Crippen molar-refractivity contribution in [2.24, 2.45) is 0 Å². The summed E-state index contributed by atoms with van der Waals surface area (Å²) in [5, 5.41) is 1.50. The molecule has 0 aliphatic carbocycles. The van der Waals surface area contributed by atoms with E-state index >= 15 is 0 Å². The largest absolute Gasteiger partial charge is 0.426 e. The van der Waals surface area contributed by atoms with Gasteiger partial charge in [0.25, 0.3) is 0 Å². The highest BCUT2D eigenvalue weighted by atomic mass is 16.5. The third-order valence-electron chi connectivity index (χ3n) is 5.41. The quantitative estimate of drug-likeness (QED) is 0.134. The highest BCUT2D eigenvalue weighted by Crippen LogP contribution is 2.21. The molecule has 0 N–H and O–H groups in total. The number of carbonyl (C=O) groups is 2. The lowest BCUT2D eigenvalue weighted by atomic mass is 10.1. The molecule has 0 aliphatic heterocycles. The van der Waals surface area contributed by atoms with Crippen LogP contribution in [-0.2, 0) is 9.59 Å². The van der Waals surface area contributed by atoms with E-state index in [4.69, 9.17) is 18.3 Å². The highest BCUT2D eigenvalue weighted by molar-refractivity contribution is 5.80. The average Bonchev–Trinajstić information content (AvgIpc) is 2.83. The normalized spacial score (nSPS) is 11.0. The van der Waals surface area contributed by atoms with E-state index in [1.54, 1.807) is 36.4 Å². The molecule has 180 valence electrons. The van der Waals surface area contributed by atoms with Crippen LogP contribution in [0.3, 0.4) is 0 Å². The summed E-state index contributed by atoms with van der Waals surface area (Å²) in [4.78, 5) is 46.8. The Morgan fingerprint density at radius 1 is 0.571 bits per heavy atom. The van der Waals surface area contributed by atoms with Crippen LogP contribution in [0.1, 0.15) is 44.9 Å². The molecule has 0 radical (unpaired) electrons. The molecule has 0 saturated carbocycles. The van der Waals surface area contributed by atoms with Gasteiger partial charge in [-0.3, -0.25) is 9.59 Å². The van der Waals surface area contributed by atoms with Gasteiger partial charge < -0.3 is 18.3 Å². The second-order valence-corrected chi connectivity index (χ2v) is 8.12. The van der Waals surface area contributed by atoms with Crippen molar-refractivity contribution in [1.29, 1.82) is 0 Å². The Bertz CT molecular complexity index is 1350. The summed E-state index contributed by atoms with van der Waals surface area (Å²) in [5.74, 6) is -0.0253. The Morgan fingerprint density at radius 2 is 0.971 bits per heavy atom. The molecule has 0 amide bonds. The number of esters is 2. The SMILES string of the molecule is O=C(CCCCCCCC(=O)Oc1ccc2ccc(=O)oc2c1)Oc1ccc2ccc(=O)oc2c1. The third-order valence-corrected chi connectivity index (χ3v) is 5.41. The fourth-order valence-electron chi connectivity index (χ4n) is 3.64. The molecule has 0 spiro atoms. The van der Waals surface area contributed by atoms with Gasteiger partial charge >= 0.3 is 23.2 Å². The molecule has 0 bridgehead atoms. The van der Waals surface area contributed by atoms with Crippen molar-refractivity contribution in [1.82, 2.24) is 0 Å². The van der Waals surface area contributed by atoms with Gasteiger partial charge in [0, 0.05) is 47.9 Å². The van der Waals surface area contributed by atoms with Gasteiger partial charge in [0.15, 0.2) is 0 Å². The maximum Gasteiger partial charge on any atom is 0.336 e. The number of ether oxygens (including phenoxy) is 2. The van der Waals surface area contributed by atoms with Gasteiger partial charge in [-0.2, -0.15) is 0 Å². The molecule has 4 aromatic rings. The molecule has 8 heteroatoms. The lowest BCUT2D eigenvalue weighted by Crippen LogP contribution is -2.08. The lowest BCUT2D eigenvalue weighted by molar-refractivity contribution is -0.135. The molecule has 2 aromatic carbocycles. The summed E-state index contributed by atoms with van der Waals surface area (Å²) >= 11 is 0. The predicted octanol–water partition coefficient (Wildman–Crippen LogP) is 5.14. The molecule has 2 aromatic heterocycles. The molecule has 0 fully saturated rings. The van der Waals surface area contributed by atoms with E-state index in [0.29, 0.717) is 35.5 Å². The van der Waals surface area contributed by atoms with Crippen LogP contribution >= 0.6 is 0 Å². The Hall–Kier alpha value is -4.20. The predicted molar refractivity (Wildman–Crippen MR) is 129 cm³/mol. The molecule has 0 saturated heterocycles. The first-order valence-corrected chi connectivity index (χ1v) is 11.5. The van der Waals surface area contributed by atoms with Crippen LogP contribution in [0.15, 0.2) is 79.1 Å². The van der Waals surface area contributed by atoms with E-state index in [1.807, 2.05) is 0 Å². The molecule has 0 atom stereocenters. The summed E-state index contributed by atoms with van der Waals surface area (Å²) in [6.45, 7) is 0. The van der Waals surface area contributed by atoms with Crippen molar-refractivity contribution in [3.05, 3.63) is 81.5 Å². The van der Waals surface area contributed by atoms with Crippen LogP contribution in [0.5, 0.6) is 11.5 Å². The van der Waals surface area contributed by atoms with Crippen LogP contribution in [-0.4, -0.2) is 11.9 Å². The summed E-state index contributed by atoms with van der Waals surface area (Å²) < 4.78 is 20.8. The Kier molecular flexibility index (Phi) is 7.72. The standard InChI is InChI=1S/C27H24O8/c28-24(32-20-12-8-18-10-14-26(30)34-22(18)16-20)6-4-2-1-3-5-7-25(29)33-21-13-9-19-11-15-27(31)35-23(19)17-21/h8-17H,1-7H2. The molecular weight excluding hydrogens is 452 g/mol. The van der Waals surface area contributed by atoms with Crippen molar-refractivity contribution in [3.63, 3.8) is 0 Å². The van der Waals surface area contributed by atoms with E-state index in [-0.39, 0.29) is 24.8 Å². The molecule has 35 heavy (non-hydrogen) atoms. The van der Waals surface area contributed by atoms with E-state index < -0.39 is 11.3 Å². The summed E-state index contributed by atoms with van der Waals surface area (Å²) in [5.41, 5.74) is -0.183. The zero-order valence-corrected chi connectivity index (χ0v) is 19.0. The first-order valence-electron chi connectivity index (χ1n) is 11.5. The Balaban J connectivity index is 1.11. The van der Waals surface area contributed by atoms with Gasteiger partial charge in [-0.1, -0.05) is 19.3 Å². The minimum absolute atomic E-state index is 0.275. The minimum atomic E-state index is -0.460.